The van der Waals surface area contributed by atoms with Gasteiger partial charge in [0.05, 0.1) is 0 Å². The molecule has 74 valence electrons. The molecule has 1 aliphatic rings. The molecule has 0 atom stereocenters. The lowest BCUT2D eigenvalue weighted by molar-refractivity contribution is 0.405. The summed E-state index contributed by atoms with van der Waals surface area (Å²) in [5, 5.41) is 3.28. The summed E-state index contributed by atoms with van der Waals surface area (Å²) >= 11 is 6.44. The Bertz CT molecular complexity index is 87.2. The highest BCUT2D eigenvalue weighted by Gasteiger charge is 1.93. The number of hydrogen-bond acceptors (Lipinski definition) is 4. The maximum absolute atomic E-state index is 8.70. The molecule has 4 nitrogen and oxygen atoms in total. The largest absolute Gasteiger partial charge is 0.692 e. The smallest absolute Gasteiger partial charge is 0.317 e. The number of rotatable bonds is 0. The summed E-state index contributed by atoms with van der Waals surface area (Å²) in [5.74, 6) is 0. The maximum Gasteiger partial charge on any atom is 0.692 e. The molecule has 0 bridgehead atoms. The summed E-state index contributed by atoms with van der Waals surface area (Å²) in [6, 6.07) is 0. The topological polar surface area (TPSA) is 69.6 Å². The van der Waals surface area contributed by atoms with E-state index in [4.69, 9.17) is 14.4 Å². The van der Waals surface area contributed by atoms with Gasteiger partial charge in [0.2, 0.25) is 0 Å². The average Bonchev–Trinajstić information content (AvgIpc) is 2.10. The SMILES string of the molecule is C1CCNCC1.O=[P+](O)O.SS. The lowest BCUT2D eigenvalue weighted by Crippen LogP contribution is -2.21. The molecule has 1 fully saturated rings. The van der Waals surface area contributed by atoms with Crippen LogP contribution in [0.15, 0.2) is 0 Å². The molecule has 0 aromatic carbocycles. The van der Waals surface area contributed by atoms with Crippen LogP contribution in [0.2, 0.25) is 0 Å². The van der Waals surface area contributed by atoms with Crippen LogP contribution in [0.25, 0.3) is 0 Å². The molecule has 1 rings (SSSR count). The Morgan fingerprint density at radius 1 is 1.08 bits per heavy atom. The zero-order valence-corrected chi connectivity index (χ0v) is 9.36. The highest BCUT2D eigenvalue weighted by Crippen LogP contribution is 1.98. The van der Waals surface area contributed by atoms with E-state index in [2.05, 4.69) is 28.6 Å². The third-order valence-corrected chi connectivity index (χ3v) is 1.21. The summed E-state index contributed by atoms with van der Waals surface area (Å²) in [6.45, 7) is 2.50. The molecular formula is C5H15NO3PS2+. The molecule has 3 N–H and O–H groups in total. The van der Waals surface area contributed by atoms with Crippen molar-refractivity contribution in [2.24, 2.45) is 0 Å². The molecule has 1 heterocycles. The summed E-state index contributed by atoms with van der Waals surface area (Å²) in [6.07, 6.45) is 4.22. The Hall–Kier alpha value is 0.680. The fourth-order valence-electron chi connectivity index (χ4n) is 0.802. The van der Waals surface area contributed by atoms with Gasteiger partial charge in [0.1, 0.15) is 0 Å². The van der Waals surface area contributed by atoms with E-state index in [0.29, 0.717) is 0 Å². The van der Waals surface area contributed by atoms with Gasteiger partial charge in [-0.1, -0.05) is 6.42 Å². The van der Waals surface area contributed by atoms with Crippen LogP contribution in [0, 0.1) is 0 Å². The van der Waals surface area contributed by atoms with E-state index < -0.39 is 8.25 Å². The minimum absolute atomic E-state index is 1.25. The van der Waals surface area contributed by atoms with Crippen LogP contribution in [-0.2, 0) is 4.57 Å². The molecule has 1 saturated heterocycles. The van der Waals surface area contributed by atoms with Gasteiger partial charge < -0.3 is 5.32 Å². The van der Waals surface area contributed by atoms with Gasteiger partial charge in [-0.3, -0.25) is 0 Å². The van der Waals surface area contributed by atoms with E-state index >= 15 is 0 Å². The van der Waals surface area contributed by atoms with E-state index in [1.807, 2.05) is 0 Å². The first-order valence-corrected chi connectivity index (χ1v) is 6.25. The molecule has 0 aromatic heterocycles. The van der Waals surface area contributed by atoms with Crippen LogP contribution in [0.1, 0.15) is 19.3 Å². The predicted octanol–water partition coefficient (Wildman–Crippen LogP) is 1.15. The van der Waals surface area contributed by atoms with Crippen LogP contribution < -0.4 is 5.32 Å². The van der Waals surface area contributed by atoms with Gasteiger partial charge in [0.15, 0.2) is 0 Å². The van der Waals surface area contributed by atoms with Gasteiger partial charge in [0.25, 0.3) is 0 Å². The number of nitrogens with one attached hydrogen (secondary N) is 1. The van der Waals surface area contributed by atoms with Gasteiger partial charge >= 0.3 is 8.25 Å². The monoisotopic (exact) mass is 232 g/mol. The molecular weight excluding hydrogens is 217 g/mol. The minimum Gasteiger partial charge on any atom is -0.317 e. The van der Waals surface area contributed by atoms with Crippen molar-refractivity contribution in [3.8, 4) is 0 Å². The molecule has 1 aliphatic heterocycles. The Labute approximate surface area is 83.9 Å². The van der Waals surface area contributed by atoms with E-state index in [9.17, 15) is 0 Å². The van der Waals surface area contributed by atoms with Crippen LogP contribution >= 0.6 is 31.6 Å². The highest BCUT2D eigenvalue weighted by molar-refractivity contribution is 8.59. The lowest BCUT2D eigenvalue weighted by Gasteiger charge is -2.08. The van der Waals surface area contributed by atoms with Crippen molar-refractivity contribution < 1.29 is 14.4 Å². The lowest BCUT2D eigenvalue weighted by atomic mass is 10.2. The van der Waals surface area contributed by atoms with E-state index in [-0.39, 0.29) is 0 Å². The summed E-state index contributed by atoms with van der Waals surface area (Å²) in [4.78, 5) is 14.2. The third-order valence-electron chi connectivity index (χ3n) is 1.21. The average molecular weight is 232 g/mol. The van der Waals surface area contributed by atoms with Crippen molar-refractivity contribution in [2.75, 3.05) is 13.1 Å². The molecule has 7 heteroatoms. The minimum atomic E-state index is -2.87. The zero-order chi connectivity index (χ0) is 9.82. The molecule has 0 unspecified atom stereocenters. The molecule has 0 saturated carbocycles. The van der Waals surface area contributed by atoms with E-state index in [0.717, 1.165) is 0 Å². The zero-order valence-electron chi connectivity index (χ0n) is 6.68. The summed E-state index contributed by atoms with van der Waals surface area (Å²) in [5.41, 5.74) is 0. The van der Waals surface area contributed by atoms with Crippen LogP contribution in [0.5, 0.6) is 0 Å². The van der Waals surface area contributed by atoms with Crippen molar-refractivity contribution >= 4 is 31.6 Å². The standard InChI is InChI=1S/C5H11N.HO3P.H2S2/c1-2-4-6-5-3-1;1-4(2)3;1-2/h6H,1-5H2;(H-,1,2,3);1-2H/p+1. The fraction of sp³-hybridized carbons (Fsp3) is 1.00. The second-order valence-corrected chi connectivity index (χ2v) is 2.57. The van der Waals surface area contributed by atoms with E-state index in [1.54, 1.807) is 0 Å². The highest BCUT2D eigenvalue weighted by atomic mass is 33.1. The first-order valence-electron chi connectivity index (χ1n) is 3.49. The summed E-state index contributed by atoms with van der Waals surface area (Å²) < 4.78 is 8.70. The second kappa shape index (κ2) is 14.2. The number of piperidine rings is 1. The number of thiol groups is 2. The normalized spacial score (nSPS) is 14.7. The molecule has 0 radical (unpaired) electrons. The first-order chi connectivity index (χ1) is 5.73. The Morgan fingerprint density at radius 2 is 1.42 bits per heavy atom. The van der Waals surface area contributed by atoms with E-state index in [1.165, 1.54) is 32.4 Å². The van der Waals surface area contributed by atoms with Crippen molar-refractivity contribution in [3.05, 3.63) is 0 Å². The fourth-order valence-corrected chi connectivity index (χ4v) is 0.802. The predicted molar refractivity (Wildman–Crippen MR) is 56.7 cm³/mol. The van der Waals surface area contributed by atoms with Crippen LogP contribution in [0.4, 0.5) is 0 Å². The quantitative estimate of drug-likeness (QED) is 0.247. The van der Waals surface area contributed by atoms with Gasteiger partial charge in [-0.05, 0) is 25.9 Å². The van der Waals surface area contributed by atoms with Gasteiger partial charge in [-0.15, -0.1) is 33.1 Å². The van der Waals surface area contributed by atoms with Gasteiger partial charge in [-0.25, -0.2) is 0 Å². The van der Waals surface area contributed by atoms with Crippen molar-refractivity contribution in [1.82, 2.24) is 5.32 Å². The Balaban J connectivity index is 0. The van der Waals surface area contributed by atoms with Crippen LogP contribution in [-0.4, -0.2) is 22.9 Å². The third kappa shape index (κ3) is 22.4. The first kappa shape index (κ1) is 15.2. The molecule has 0 spiro atoms. The molecule has 0 amide bonds. The molecule has 12 heavy (non-hydrogen) atoms. The van der Waals surface area contributed by atoms with Gasteiger partial charge in [0, 0.05) is 4.57 Å². The van der Waals surface area contributed by atoms with Gasteiger partial charge in [-0.2, -0.15) is 0 Å². The van der Waals surface area contributed by atoms with Crippen molar-refractivity contribution in [3.63, 3.8) is 0 Å². The van der Waals surface area contributed by atoms with Crippen molar-refractivity contribution in [1.29, 1.82) is 0 Å². The maximum atomic E-state index is 8.70. The molecule has 0 aromatic rings. The second-order valence-electron chi connectivity index (χ2n) is 2.06. The van der Waals surface area contributed by atoms with Crippen LogP contribution in [0.3, 0.4) is 0 Å². The Morgan fingerprint density at radius 3 is 1.50 bits per heavy atom. The van der Waals surface area contributed by atoms with Crippen molar-refractivity contribution in [2.45, 2.75) is 19.3 Å². The molecule has 0 aliphatic carbocycles. The Kier molecular flexibility index (Phi) is 18.0. The summed E-state index contributed by atoms with van der Waals surface area (Å²) in [7, 11) is -2.87. The number of hydrogen-bond donors (Lipinski definition) is 5.